The number of aliphatic hydroxyl groups is 2. The number of carbonyl (C=O) groups is 2. The largest absolute Gasteiger partial charge is 0.391 e. The molecule has 1 atom stereocenters. The van der Waals surface area contributed by atoms with Gasteiger partial charge in [0.2, 0.25) is 0 Å². The van der Waals surface area contributed by atoms with Crippen LogP contribution in [0.4, 0.5) is 31.5 Å². The minimum Gasteiger partial charge on any atom is -0.391 e. The third-order valence-corrected chi connectivity index (χ3v) is 7.79. The summed E-state index contributed by atoms with van der Waals surface area (Å²) in [5.41, 5.74) is 8.05. The van der Waals surface area contributed by atoms with Gasteiger partial charge in [-0.3, -0.25) is 19.3 Å². The maximum atomic E-state index is 13.6. The van der Waals surface area contributed by atoms with Crippen LogP contribution in [0.15, 0.2) is 72.8 Å². The van der Waals surface area contributed by atoms with Crippen molar-refractivity contribution in [2.45, 2.75) is 46.3 Å². The highest BCUT2D eigenvalue weighted by molar-refractivity contribution is 14.1. The normalized spacial score (nSPS) is 11.6. The highest BCUT2D eigenvalue weighted by atomic mass is 127. The maximum Gasteiger partial charge on any atom is 0.276 e. The number of hydrogen-bond donors (Lipinski definition) is 6. The Balaban J connectivity index is 0.000000266. The second-order valence-corrected chi connectivity index (χ2v) is 14.2. The van der Waals surface area contributed by atoms with E-state index in [0.29, 0.717) is 11.4 Å². The molecule has 4 aromatic rings. The van der Waals surface area contributed by atoms with Crippen LogP contribution in [-0.4, -0.2) is 46.9 Å². The Hall–Kier alpha value is -3.42. The first-order valence-corrected chi connectivity index (χ1v) is 17.1. The van der Waals surface area contributed by atoms with Gasteiger partial charge in [-0.15, -0.1) is 0 Å². The van der Waals surface area contributed by atoms with E-state index >= 15 is 0 Å². The molecule has 0 bridgehead atoms. The zero-order chi connectivity index (χ0) is 36.3. The molecule has 262 valence electrons. The number of benzene rings is 4. The molecular formula is C35H38F2I2N4O6. The molecule has 0 saturated heterocycles. The van der Waals surface area contributed by atoms with Crippen molar-refractivity contribution in [3.05, 3.63) is 114 Å². The molecule has 0 aliphatic heterocycles. The smallest absolute Gasteiger partial charge is 0.276 e. The van der Waals surface area contributed by atoms with Crippen molar-refractivity contribution in [3.8, 4) is 0 Å². The van der Waals surface area contributed by atoms with Crippen LogP contribution in [0.25, 0.3) is 0 Å². The van der Waals surface area contributed by atoms with E-state index in [1.54, 1.807) is 13.8 Å². The van der Waals surface area contributed by atoms with Gasteiger partial charge in [-0.25, -0.2) is 19.7 Å². The van der Waals surface area contributed by atoms with Crippen molar-refractivity contribution in [3.63, 3.8) is 0 Å². The minimum atomic E-state index is -1.07. The number of rotatable bonds is 12. The SMILES string of the molecule is Cc1cc(I)ccc1Nc1cc(F)ccc1C(=O)NOCC(C)(C)O.Cc1cc(I)ccc1Nc1cc(F)ccc1C(=O)NOCC(C)O. The lowest BCUT2D eigenvalue weighted by Gasteiger charge is -2.18. The van der Waals surface area contributed by atoms with Crippen LogP contribution >= 0.6 is 45.2 Å². The molecule has 4 aromatic carbocycles. The molecule has 6 N–H and O–H groups in total. The fourth-order valence-corrected chi connectivity index (χ4v) is 5.37. The summed E-state index contributed by atoms with van der Waals surface area (Å²) in [5.74, 6) is -1.97. The molecule has 0 aliphatic carbocycles. The Kier molecular flexibility index (Phi) is 15.1. The molecule has 0 fully saturated rings. The molecule has 14 heteroatoms. The van der Waals surface area contributed by atoms with E-state index in [9.17, 15) is 23.5 Å². The van der Waals surface area contributed by atoms with E-state index in [1.165, 1.54) is 43.3 Å². The Bertz CT molecular complexity index is 1770. The molecular weight excluding hydrogens is 864 g/mol. The number of halogens is 4. The molecule has 0 aromatic heterocycles. The number of hydroxylamine groups is 2. The molecule has 0 heterocycles. The van der Waals surface area contributed by atoms with E-state index in [1.807, 2.05) is 50.2 Å². The molecule has 0 spiro atoms. The average molecular weight is 903 g/mol. The number of amides is 2. The predicted octanol–water partition coefficient (Wildman–Crippen LogP) is 7.44. The lowest BCUT2D eigenvalue weighted by molar-refractivity contribution is -0.0522. The van der Waals surface area contributed by atoms with Crippen LogP contribution in [0.2, 0.25) is 0 Å². The number of nitrogens with one attached hydrogen (secondary N) is 4. The topological polar surface area (TPSA) is 141 Å². The van der Waals surface area contributed by atoms with Crippen LogP contribution in [0, 0.1) is 32.6 Å². The molecule has 0 saturated carbocycles. The van der Waals surface area contributed by atoms with Gasteiger partial charge in [-0.05, 0) is 164 Å². The molecule has 0 radical (unpaired) electrons. The third kappa shape index (κ3) is 13.4. The zero-order valence-electron chi connectivity index (χ0n) is 27.5. The molecule has 49 heavy (non-hydrogen) atoms. The van der Waals surface area contributed by atoms with Crippen molar-refractivity contribution in [2.75, 3.05) is 23.8 Å². The van der Waals surface area contributed by atoms with Crippen molar-refractivity contribution in [1.29, 1.82) is 0 Å². The average Bonchev–Trinajstić information content (AvgIpc) is 2.99. The Labute approximate surface area is 311 Å². The van der Waals surface area contributed by atoms with E-state index in [4.69, 9.17) is 14.8 Å². The van der Waals surface area contributed by atoms with Crippen molar-refractivity contribution < 1.29 is 38.3 Å². The van der Waals surface area contributed by atoms with Crippen molar-refractivity contribution in [1.82, 2.24) is 11.0 Å². The first kappa shape index (κ1) is 40.0. The van der Waals surface area contributed by atoms with Crippen LogP contribution in [0.3, 0.4) is 0 Å². The van der Waals surface area contributed by atoms with E-state index < -0.39 is 35.2 Å². The fourth-order valence-electron chi connectivity index (χ4n) is 4.08. The van der Waals surface area contributed by atoms with Gasteiger partial charge in [0.25, 0.3) is 11.8 Å². The van der Waals surface area contributed by atoms with Crippen LogP contribution < -0.4 is 21.6 Å². The molecule has 2 amide bonds. The van der Waals surface area contributed by atoms with Gasteiger partial charge in [-0.1, -0.05) is 0 Å². The van der Waals surface area contributed by atoms with Gasteiger partial charge >= 0.3 is 0 Å². The van der Waals surface area contributed by atoms with Crippen molar-refractivity contribution in [2.24, 2.45) is 0 Å². The van der Waals surface area contributed by atoms with Crippen LogP contribution in [0.5, 0.6) is 0 Å². The first-order valence-electron chi connectivity index (χ1n) is 14.9. The summed E-state index contributed by atoms with van der Waals surface area (Å²) in [5, 5.41) is 24.9. The molecule has 4 rings (SSSR count). The number of carbonyl (C=O) groups excluding carboxylic acids is 2. The van der Waals surface area contributed by atoms with Gasteiger partial charge in [0, 0.05) is 18.5 Å². The van der Waals surface area contributed by atoms with Gasteiger partial charge in [0.1, 0.15) is 24.8 Å². The number of aryl methyl sites for hydroxylation is 2. The Morgan fingerprint density at radius 2 is 1.16 bits per heavy atom. The summed E-state index contributed by atoms with van der Waals surface area (Å²) < 4.78 is 29.4. The monoisotopic (exact) mass is 902 g/mol. The second-order valence-electron chi connectivity index (χ2n) is 11.7. The first-order chi connectivity index (χ1) is 23.0. The van der Waals surface area contributed by atoms with Crippen LogP contribution in [0.1, 0.15) is 52.6 Å². The summed E-state index contributed by atoms with van der Waals surface area (Å²) in [6.07, 6.45) is -0.703. The second kappa shape index (κ2) is 18.5. The quantitative estimate of drug-likeness (QED) is 0.0638. The predicted molar refractivity (Wildman–Crippen MR) is 202 cm³/mol. The van der Waals surface area contributed by atoms with Gasteiger partial charge in [0.15, 0.2) is 0 Å². The van der Waals surface area contributed by atoms with E-state index in [2.05, 4.69) is 66.8 Å². The summed E-state index contributed by atoms with van der Waals surface area (Å²) in [6.45, 7) is 8.40. The van der Waals surface area contributed by atoms with Gasteiger partial charge < -0.3 is 20.8 Å². The Morgan fingerprint density at radius 3 is 1.55 bits per heavy atom. The number of anilines is 4. The minimum absolute atomic E-state index is 0.0358. The standard InChI is InChI=1S/C18H20FIN2O3.C17H18FIN2O3/c1-11-8-13(20)5-7-15(11)21-16-9-12(19)4-6-14(16)17(23)22-25-10-18(2,3)24;1-10-7-13(19)4-6-15(10)20-16-8-12(18)3-5-14(16)17(23)21-24-9-11(2)22/h4-9,21,24H,10H2,1-3H3,(H,22,23);3-8,11,20,22H,9H2,1-2H3,(H,21,23). The van der Waals surface area contributed by atoms with E-state index in [0.717, 1.165) is 29.6 Å². The van der Waals surface area contributed by atoms with Crippen LogP contribution in [-0.2, 0) is 9.68 Å². The lowest BCUT2D eigenvalue weighted by Crippen LogP contribution is -2.33. The zero-order valence-corrected chi connectivity index (χ0v) is 31.8. The Morgan fingerprint density at radius 1 is 0.735 bits per heavy atom. The maximum absolute atomic E-state index is 13.6. The molecule has 1 unspecified atom stereocenters. The molecule has 10 nitrogen and oxygen atoms in total. The highest BCUT2D eigenvalue weighted by Gasteiger charge is 2.17. The highest BCUT2D eigenvalue weighted by Crippen LogP contribution is 2.27. The summed E-state index contributed by atoms with van der Waals surface area (Å²) in [4.78, 5) is 34.4. The third-order valence-electron chi connectivity index (χ3n) is 6.45. The summed E-state index contributed by atoms with van der Waals surface area (Å²) in [7, 11) is 0. The summed E-state index contributed by atoms with van der Waals surface area (Å²) >= 11 is 4.42. The number of aliphatic hydroxyl groups excluding tert-OH is 1. The van der Waals surface area contributed by atoms with Gasteiger partial charge in [-0.2, -0.15) is 0 Å². The number of hydrogen-bond acceptors (Lipinski definition) is 8. The lowest BCUT2D eigenvalue weighted by atomic mass is 10.1. The molecule has 0 aliphatic rings. The van der Waals surface area contributed by atoms with Crippen molar-refractivity contribution >= 4 is 79.7 Å². The van der Waals surface area contributed by atoms with E-state index in [-0.39, 0.29) is 24.3 Å². The van der Waals surface area contributed by atoms with Gasteiger partial charge in [0.05, 0.1) is 34.2 Å². The fraction of sp³-hybridized carbons (Fsp3) is 0.257. The summed E-state index contributed by atoms with van der Waals surface area (Å²) in [6, 6.07) is 19.2.